The number of fused-ring (bicyclic) bond motifs is 1. The summed E-state index contributed by atoms with van der Waals surface area (Å²) in [6, 6.07) is 17.1. The van der Waals surface area contributed by atoms with Crippen molar-refractivity contribution in [1.29, 1.82) is 0 Å². The van der Waals surface area contributed by atoms with Gasteiger partial charge in [0.25, 0.3) is 0 Å². The average Bonchev–Trinajstić information content (AvgIpc) is 2.93. The van der Waals surface area contributed by atoms with Crippen molar-refractivity contribution in [1.82, 2.24) is 0 Å². The molecule has 216 valence electrons. The quantitative estimate of drug-likeness (QED) is 0.0818. The fraction of sp³-hybridized carbons (Fsp3) is 0.125. The number of hydrogen-bond donors (Lipinski definition) is 0. The summed E-state index contributed by atoms with van der Waals surface area (Å²) in [6.07, 6.45) is -7.46. The fourth-order valence-corrected chi connectivity index (χ4v) is 3.57. The molecule has 0 amide bonds. The zero-order valence-corrected chi connectivity index (χ0v) is 22.5. The SMILES string of the molecule is C=C(C)C(=O)Oc1ccc(C(F)(F)Oc2ccc3cc(OC(F)(F)c4ccc(OC(=O)C(=C)C)cc4)ccc3c2)cc1. The summed E-state index contributed by atoms with van der Waals surface area (Å²) in [6.45, 7) is 9.82. The van der Waals surface area contributed by atoms with Gasteiger partial charge in [-0.2, -0.15) is 17.6 Å². The average molecular weight is 581 g/mol. The highest BCUT2D eigenvalue weighted by Crippen LogP contribution is 2.36. The number of ether oxygens (including phenoxy) is 4. The first kappa shape index (κ1) is 29.9. The Balaban J connectivity index is 1.44. The van der Waals surface area contributed by atoms with E-state index >= 15 is 0 Å². The molecule has 6 nitrogen and oxygen atoms in total. The first-order chi connectivity index (χ1) is 19.7. The number of halogens is 4. The Bertz CT molecular complexity index is 1540. The van der Waals surface area contributed by atoms with Crippen LogP contribution >= 0.6 is 0 Å². The molecule has 10 heteroatoms. The Hall–Kier alpha value is -5.12. The van der Waals surface area contributed by atoms with E-state index < -0.39 is 35.3 Å². The fourth-order valence-electron chi connectivity index (χ4n) is 3.57. The monoisotopic (exact) mass is 580 g/mol. The lowest BCUT2D eigenvalue weighted by Gasteiger charge is -2.20. The second-order valence-electron chi connectivity index (χ2n) is 9.30. The number of benzene rings is 4. The van der Waals surface area contributed by atoms with E-state index in [-0.39, 0.29) is 34.1 Å². The Morgan fingerprint density at radius 2 is 0.857 bits per heavy atom. The molecule has 0 heterocycles. The van der Waals surface area contributed by atoms with Crippen LogP contribution in [-0.4, -0.2) is 11.9 Å². The summed E-state index contributed by atoms with van der Waals surface area (Å²) in [4.78, 5) is 23.2. The number of rotatable bonds is 10. The lowest BCUT2D eigenvalue weighted by Crippen LogP contribution is -2.22. The summed E-state index contributed by atoms with van der Waals surface area (Å²) < 4.78 is 79.1. The van der Waals surface area contributed by atoms with E-state index in [1.807, 2.05) is 0 Å². The highest BCUT2D eigenvalue weighted by molar-refractivity contribution is 5.89. The third-order valence-electron chi connectivity index (χ3n) is 5.77. The molecule has 0 aliphatic rings. The molecule has 0 unspecified atom stereocenters. The minimum Gasteiger partial charge on any atom is -0.429 e. The second-order valence-corrected chi connectivity index (χ2v) is 9.30. The molecule has 0 bridgehead atoms. The van der Waals surface area contributed by atoms with Gasteiger partial charge in [-0.05, 0) is 97.4 Å². The van der Waals surface area contributed by atoms with Crippen LogP contribution in [0, 0.1) is 0 Å². The Morgan fingerprint density at radius 3 is 1.17 bits per heavy atom. The largest absolute Gasteiger partial charge is 0.429 e. The highest BCUT2D eigenvalue weighted by atomic mass is 19.3. The number of carbonyl (C=O) groups excluding carboxylic acids is 2. The van der Waals surface area contributed by atoms with E-state index in [1.54, 1.807) is 0 Å². The van der Waals surface area contributed by atoms with Gasteiger partial charge in [0.1, 0.15) is 23.0 Å². The maximum atomic E-state index is 14.8. The van der Waals surface area contributed by atoms with E-state index in [0.717, 1.165) is 24.3 Å². The molecular weight excluding hydrogens is 556 g/mol. The standard InChI is InChI=1S/C32H24F4O6/c1-19(2)29(37)39-25-13-7-23(8-14-25)31(33,34)41-27-11-5-22-18-28(12-6-21(22)17-27)42-32(35,36)24-9-15-26(16-10-24)40-30(38)20(3)4/h5-18H,1,3H2,2,4H3. The molecule has 0 aliphatic carbocycles. The van der Waals surface area contributed by atoms with Crippen LogP contribution in [-0.2, 0) is 21.8 Å². The zero-order chi connectivity index (χ0) is 30.7. The van der Waals surface area contributed by atoms with E-state index in [1.165, 1.54) is 74.5 Å². The van der Waals surface area contributed by atoms with Crippen LogP contribution in [0.1, 0.15) is 25.0 Å². The molecule has 4 aromatic carbocycles. The molecule has 42 heavy (non-hydrogen) atoms. The van der Waals surface area contributed by atoms with Crippen LogP contribution in [0.4, 0.5) is 17.6 Å². The predicted molar refractivity (Wildman–Crippen MR) is 147 cm³/mol. The number of carbonyl (C=O) groups is 2. The second kappa shape index (κ2) is 11.8. The maximum Gasteiger partial charge on any atom is 0.426 e. The predicted octanol–water partition coefficient (Wildman–Crippen LogP) is 8.06. The third kappa shape index (κ3) is 7.14. The normalized spacial score (nSPS) is 11.5. The molecule has 4 aromatic rings. The Morgan fingerprint density at radius 1 is 0.548 bits per heavy atom. The third-order valence-corrected chi connectivity index (χ3v) is 5.77. The van der Waals surface area contributed by atoms with Crippen molar-refractivity contribution in [2.24, 2.45) is 0 Å². The van der Waals surface area contributed by atoms with Gasteiger partial charge in [0.05, 0.1) is 11.1 Å². The van der Waals surface area contributed by atoms with E-state index in [2.05, 4.69) is 13.2 Å². The molecule has 0 radical (unpaired) electrons. The zero-order valence-electron chi connectivity index (χ0n) is 22.5. The number of hydrogen-bond acceptors (Lipinski definition) is 6. The van der Waals surface area contributed by atoms with Crippen LogP contribution in [0.5, 0.6) is 23.0 Å². The summed E-state index contributed by atoms with van der Waals surface area (Å²) >= 11 is 0. The molecule has 0 saturated carbocycles. The van der Waals surface area contributed by atoms with Crippen molar-refractivity contribution in [3.8, 4) is 23.0 Å². The van der Waals surface area contributed by atoms with Gasteiger partial charge in [-0.15, -0.1) is 0 Å². The van der Waals surface area contributed by atoms with Crippen LogP contribution in [0.25, 0.3) is 10.8 Å². The molecule has 0 aliphatic heterocycles. The van der Waals surface area contributed by atoms with Gasteiger partial charge >= 0.3 is 24.2 Å². The van der Waals surface area contributed by atoms with Gasteiger partial charge in [-0.1, -0.05) is 25.3 Å². The van der Waals surface area contributed by atoms with Crippen LogP contribution in [0.15, 0.2) is 109 Å². The van der Waals surface area contributed by atoms with Crippen molar-refractivity contribution >= 4 is 22.7 Å². The summed E-state index contributed by atoms with van der Waals surface area (Å²) in [5.41, 5.74) is -0.644. The molecule has 4 rings (SSSR count). The minimum atomic E-state index is -3.73. The topological polar surface area (TPSA) is 71.1 Å². The van der Waals surface area contributed by atoms with Gasteiger partial charge < -0.3 is 18.9 Å². The Kier molecular flexibility index (Phi) is 8.37. The van der Waals surface area contributed by atoms with Gasteiger partial charge in [-0.25, -0.2) is 9.59 Å². The van der Waals surface area contributed by atoms with Gasteiger partial charge in [0.2, 0.25) is 0 Å². The smallest absolute Gasteiger partial charge is 0.426 e. The van der Waals surface area contributed by atoms with Crippen LogP contribution in [0.2, 0.25) is 0 Å². The van der Waals surface area contributed by atoms with Crippen molar-refractivity contribution in [3.63, 3.8) is 0 Å². The minimum absolute atomic E-state index is 0.0676. The number of alkyl halides is 4. The first-order valence-corrected chi connectivity index (χ1v) is 12.4. The molecule has 0 spiro atoms. The van der Waals surface area contributed by atoms with Crippen LogP contribution in [0.3, 0.4) is 0 Å². The molecular formula is C32H24F4O6. The van der Waals surface area contributed by atoms with E-state index in [4.69, 9.17) is 18.9 Å². The highest BCUT2D eigenvalue weighted by Gasteiger charge is 2.36. The molecule has 0 fully saturated rings. The molecule has 0 saturated heterocycles. The van der Waals surface area contributed by atoms with Crippen molar-refractivity contribution in [2.45, 2.75) is 26.1 Å². The molecule has 0 atom stereocenters. The van der Waals surface area contributed by atoms with Crippen molar-refractivity contribution in [3.05, 3.63) is 120 Å². The van der Waals surface area contributed by atoms with Crippen molar-refractivity contribution < 1.29 is 46.1 Å². The molecule has 0 N–H and O–H groups in total. The van der Waals surface area contributed by atoms with E-state index in [9.17, 15) is 27.2 Å². The molecule has 0 aromatic heterocycles. The van der Waals surface area contributed by atoms with Crippen LogP contribution < -0.4 is 18.9 Å². The Labute approximate surface area is 238 Å². The van der Waals surface area contributed by atoms with Gasteiger partial charge in [0, 0.05) is 11.1 Å². The van der Waals surface area contributed by atoms with Crippen molar-refractivity contribution in [2.75, 3.05) is 0 Å². The lowest BCUT2D eigenvalue weighted by atomic mass is 10.1. The lowest BCUT2D eigenvalue weighted by molar-refractivity contribution is -0.186. The maximum absolute atomic E-state index is 14.8. The summed E-state index contributed by atoms with van der Waals surface area (Å²) in [5, 5.41) is 0.870. The number of esters is 2. The first-order valence-electron chi connectivity index (χ1n) is 12.4. The van der Waals surface area contributed by atoms with Gasteiger partial charge in [0.15, 0.2) is 0 Å². The summed E-state index contributed by atoms with van der Waals surface area (Å²) in [7, 11) is 0. The van der Waals surface area contributed by atoms with E-state index in [0.29, 0.717) is 10.8 Å². The summed E-state index contributed by atoms with van der Waals surface area (Å²) in [5.74, 6) is -1.57. The van der Waals surface area contributed by atoms with Gasteiger partial charge in [-0.3, -0.25) is 0 Å².